The van der Waals surface area contributed by atoms with Crippen molar-refractivity contribution in [2.24, 2.45) is 0 Å². The van der Waals surface area contributed by atoms with Gasteiger partial charge in [-0.05, 0) is 32.1 Å². The molecule has 0 aliphatic heterocycles. The molecule has 3 aromatic rings. The van der Waals surface area contributed by atoms with Crippen LogP contribution in [0.2, 0.25) is 0 Å². The van der Waals surface area contributed by atoms with Crippen LogP contribution in [0.3, 0.4) is 0 Å². The fourth-order valence-electron chi connectivity index (χ4n) is 2.12. The third kappa shape index (κ3) is 2.89. The number of fused-ring (bicyclic) bond motifs is 1. The summed E-state index contributed by atoms with van der Waals surface area (Å²) in [5, 5.41) is 0.588. The number of nitrogens with zero attached hydrogens (tertiary/aromatic N) is 1. The van der Waals surface area contributed by atoms with Gasteiger partial charge in [0.1, 0.15) is 10.7 Å². The Morgan fingerprint density at radius 2 is 1.95 bits per heavy atom. The first kappa shape index (κ1) is 14.4. The zero-order valence-electron chi connectivity index (χ0n) is 12.2. The van der Waals surface area contributed by atoms with Gasteiger partial charge in [0.15, 0.2) is 5.78 Å². The second-order valence-corrected chi connectivity index (χ2v) is 6.33. The predicted molar refractivity (Wildman–Crippen MR) is 89.5 cm³/mol. The first-order valence-electron chi connectivity index (χ1n) is 6.82. The molecule has 0 unspecified atom stereocenters. The number of rotatable bonds is 3. The lowest BCUT2D eigenvalue weighted by atomic mass is 10.1. The van der Waals surface area contributed by atoms with Crippen molar-refractivity contribution in [3.05, 3.63) is 68.6 Å². The van der Waals surface area contributed by atoms with Crippen LogP contribution in [0.15, 0.2) is 41.2 Å². The van der Waals surface area contributed by atoms with Gasteiger partial charge in [-0.2, -0.15) is 0 Å². The molecule has 0 aliphatic rings. The zero-order valence-corrected chi connectivity index (χ0v) is 13.0. The van der Waals surface area contributed by atoms with E-state index >= 15 is 0 Å². The molecule has 0 amide bonds. The van der Waals surface area contributed by atoms with Gasteiger partial charge in [-0.3, -0.25) is 9.59 Å². The minimum Gasteiger partial charge on any atom is -0.306 e. The lowest BCUT2D eigenvalue weighted by Crippen LogP contribution is -2.08. The molecule has 0 spiro atoms. The topological polar surface area (TPSA) is 62.8 Å². The van der Waals surface area contributed by atoms with Crippen LogP contribution in [0.1, 0.15) is 26.6 Å². The Morgan fingerprint density at radius 3 is 2.68 bits per heavy atom. The Kier molecular flexibility index (Phi) is 3.73. The van der Waals surface area contributed by atoms with Gasteiger partial charge < -0.3 is 4.98 Å². The van der Waals surface area contributed by atoms with Crippen molar-refractivity contribution in [2.75, 3.05) is 0 Å². The van der Waals surface area contributed by atoms with Crippen LogP contribution in [0.25, 0.3) is 16.3 Å². The molecule has 5 heteroatoms. The lowest BCUT2D eigenvalue weighted by Gasteiger charge is -1.97. The second-order valence-electron chi connectivity index (χ2n) is 5.09. The first-order valence-corrected chi connectivity index (χ1v) is 7.64. The molecule has 1 N–H and O–H groups in total. The van der Waals surface area contributed by atoms with E-state index in [1.165, 1.54) is 23.5 Å². The number of carbonyl (C=O) groups excluding carboxylic acids is 1. The molecule has 1 aromatic carbocycles. The zero-order chi connectivity index (χ0) is 15.7. The highest BCUT2D eigenvalue weighted by molar-refractivity contribution is 7.18. The minimum atomic E-state index is -0.184. The molecule has 22 heavy (non-hydrogen) atoms. The number of aryl methyl sites for hydroxylation is 2. The number of aromatic amines is 1. The van der Waals surface area contributed by atoms with E-state index in [0.29, 0.717) is 21.6 Å². The van der Waals surface area contributed by atoms with E-state index < -0.39 is 0 Å². The molecule has 0 saturated heterocycles. The van der Waals surface area contributed by atoms with Gasteiger partial charge in [0.05, 0.1) is 5.39 Å². The molecule has 0 radical (unpaired) electrons. The summed E-state index contributed by atoms with van der Waals surface area (Å²) in [4.78, 5) is 32.8. The van der Waals surface area contributed by atoms with E-state index in [1.54, 1.807) is 12.1 Å². The van der Waals surface area contributed by atoms with Gasteiger partial charge in [0, 0.05) is 10.4 Å². The van der Waals surface area contributed by atoms with E-state index in [1.807, 2.05) is 32.0 Å². The van der Waals surface area contributed by atoms with E-state index in [-0.39, 0.29) is 11.3 Å². The molecule has 0 aliphatic carbocycles. The van der Waals surface area contributed by atoms with Gasteiger partial charge in [0.2, 0.25) is 0 Å². The van der Waals surface area contributed by atoms with Crippen LogP contribution in [0.5, 0.6) is 0 Å². The van der Waals surface area contributed by atoms with Crippen LogP contribution in [0.4, 0.5) is 0 Å². The number of nitrogens with one attached hydrogen (secondary N) is 1. The molecule has 0 fully saturated rings. The Hall–Kier alpha value is -2.53. The molecule has 110 valence electrons. The average Bonchev–Trinajstić information content (AvgIpc) is 2.86. The highest BCUT2D eigenvalue weighted by atomic mass is 32.1. The monoisotopic (exact) mass is 310 g/mol. The first-order chi connectivity index (χ1) is 10.5. The Bertz CT molecular complexity index is 933. The standard InChI is InChI=1S/C17H14N2O2S/c1-10-3-5-12(6-4-10)14(20)7-8-15-18-16(21)13-9-11(2)22-17(13)19-15/h3-9H,1-2H3,(H,18,19,21)/b8-7+. The van der Waals surface area contributed by atoms with E-state index in [4.69, 9.17) is 0 Å². The normalized spacial score (nSPS) is 11.4. The number of hydrogen-bond donors (Lipinski definition) is 1. The number of ketones is 1. The summed E-state index contributed by atoms with van der Waals surface area (Å²) in [6.45, 7) is 3.90. The van der Waals surface area contributed by atoms with Crippen LogP contribution >= 0.6 is 11.3 Å². The molecule has 2 heterocycles. The molecule has 0 saturated carbocycles. The van der Waals surface area contributed by atoms with Gasteiger partial charge in [0.25, 0.3) is 5.56 Å². The largest absolute Gasteiger partial charge is 0.306 e. The number of H-pyrrole nitrogens is 1. The number of thiophene rings is 1. The maximum atomic E-state index is 12.1. The van der Waals surface area contributed by atoms with Crippen molar-refractivity contribution < 1.29 is 4.79 Å². The van der Waals surface area contributed by atoms with Crippen molar-refractivity contribution in [2.45, 2.75) is 13.8 Å². The highest BCUT2D eigenvalue weighted by Crippen LogP contribution is 2.19. The molecule has 0 atom stereocenters. The summed E-state index contributed by atoms with van der Waals surface area (Å²) in [6.07, 6.45) is 2.97. The Morgan fingerprint density at radius 1 is 1.23 bits per heavy atom. The van der Waals surface area contributed by atoms with E-state index in [2.05, 4.69) is 9.97 Å². The molecule has 2 aromatic heterocycles. The van der Waals surface area contributed by atoms with Gasteiger partial charge >= 0.3 is 0 Å². The number of aromatic nitrogens is 2. The smallest absolute Gasteiger partial charge is 0.259 e. The SMILES string of the molecule is Cc1ccc(C(=O)/C=C/c2nc3sc(C)cc3c(=O)[nH]2)cc1. The van der Waals surface area contributed by atoms with Gasteiger partial charge in [-0.1, -0.05) is 29.8 Å². The van der Waals surface area contributed by atoms with Crippen LogP contribution in [0, 0.1) is 13.8 Å². The Labute approximate surface area is 131 Å². The second kappa shape index (κ2) is 5.69. The number of benzene rings is 1. The molecular formula is C17H14N2O2S. The van der Waals surface area contributed by atoms with E-state index in [9.17, 15) is 9.59 Å². The highest BCUT2D eigenvalue weighted by Gasteiger charge is 2.06. The number of hydrogen-bond acceptors (Lipinski definition) is 4. The van der Waals surface area contributed by atoms with Crippen molar-refractivity contribution in [3.63, 3.8) is 0 Å². The van der Waals surface area contributed by atoms with Crippen molar-refractivity contribution >= 4 is 33.4 Å². The predicted octanol–water partition coefficient (Wildman–Crippen LogP) is 3.50. The van der Waals surface area contributed by atoms with Crippen LogP contribution in [-0.4, -0.2) is 15.8 Å². The van der Waals surface area contributed by atoms with Crippen molar-refractivity contribution in [3.8, 4) is 0 Å². The number of allylic oxidation sites excluding steroid dienone is 1. The average molecular weight is 310 g/mol. The van der Waals surface area contributed by atoms with Gasteiger partial charge in [-0.15, -0.1) is 11.3 Å². The third-order valence-electron chi connectivity index (χ3n) is 3.27. The maximum Gasteiger partial charge on any atom is 0.259 e. The minimum absolute atomic E-state index is 0.120. The summed E-state index contributed by atoms with van der Waals surface area (Å²) < 4.78 is 0. The summed E-state index contributed by atoms with van der Waals surface area (Å²) in [5.74, 6) is 0.268. The third-order valence-corrected chi connectivity index (χ3v) is 4.22. The summed E-state index contributed by atoms with van der Waals surface area (Å²) in [5.41, 5.74) is 1.53. The summed E-state index contributed by atoms with van der Waals surface area (Å²) in [6, 6.07) is 9.16. The molecular weight excluding hydrogens is 296 g/mol. The lowest BCUT2D eigenvalue weighted by molar-refractivity contribution is 0.104. The summed E-state index contributed by atoms with van der Waals surface area (Å²) in [7, 11) is 0. The van der Waals surface area contributed by atoms with Crippen LogP contribution < -0.4 is 5.56 Å². The fraction of sp³-hybridized carbons (Fsp3) is 0.118. The van der Waals surface area contributed by atoms with Crippen molar-refractivity contribution in [1.82, 2.24) is 9.97 Å². The van der Waals surface area contributed by atoms with Crippen molar-refractivity contribution in [1.29, 1.82) is 0 Å². The van der Waals surface area contributed by atoms with Crippen LogP contribution in [-0.2, 0) is 0 Å². The Balaban J connectivity index is 1.90. The number of carbonyl (C=O) groups is 1. The van der Waals surface area contributed by atoms with E-state index in [0.717, 1.165) is 10.4 Å². The quantitative estimate of drug-likeness (QED) is 0.595. The maximum absolute atomic E-state index is 12.1. The molecule has 0 bridgehead atoms. The summed E-state index contributed by atoms with van der Waals surface area (Å²) >= 11 is 1.46. The fourth-order valence-corrected chi connectivity index (χ4v) is 3.00. The molecule has 3 rings (SSSR count). The molecule has 4 nitrogen and oxygen atoms in total. The van der Waals surface area contributed by atoms with Gasteiger partial charge in [-0.25, -0.2) is 4.98 Å².